The number of nitrogens with one attached hydrogen (secondary N) is 1. The van der Waals surface area contributed by atoms with Crippen LogP contribution in [0.3, 0.4) is 0 Å². The lowest BCUT2D eigenvalue weighted by Gasteiger charge is -2.36. The number of para-hydroxylation sites is 1. The number of hydrogen-bond acceptors (Lipinski definition) is 5. The summed E-state index contributed by atoms with van der Waals surface area (Å²) in [6.45, 7) is 3.26. The SMILES string of the molecule is CC1(C)OC(=O)C([C@@H](c2cc(Br)ccc2OCc2ccc(Cl)c(Cl)c2)c2c[nH]c3ccccc23)C(=O)O1. The Morgan fingerprint density at radius 1 is 0.973 bits per heavy atom. The highest BCUT2D eigenvalue weighted by Gasteiger charge is 2.49. The van der Waals surface area contributed by atoms with Gasteiger partial charge in [-0.15, -0.1) is 0 Å². The Morgan fingerprint density at radius 2 is 1.70 bits per heavy atom. The number of H-pyrrole nitrogens is 1. The molecule has 1 N–H and O–H groups in total. The van der Waals surface area contributed by atoms with Gasteiger partial charge in [-0.1, -0.05) is 63.4 Å². The zero-order valence-corrected chi connectivity index (χ0v) is 23.0. The molecule has 1 aliphatic rings. The van der Waals surface area contributed by atoms with Crippen LogP contribution in [0.25, 0.3) is 10.9 Å². The number of esters is 2. The summed E-state index contributed by atoms with van der Waals surface area (Å²) in [5.41, 5.74) is 3.04. The van der Waals surface area contributed by atoms with Gasteiger partial charge >= 0.3 is 11.9 Å². The van der Waals surface area contributed by atoms with Crippen LogP contribution in [0.2, 0.25) is 10.0 Å². The predicted octanol–water partition coefficient (Wildman–Crippen LogP) is 7.40. The lowest BCUT2D eigenvalue weighted by Crippen LogP contribution is -2.48. The molecule has 3 aromatic carbocycles. The third kappa shape index (κ3) is 5.21. The lowest BCUT2D eigenvalue weighted by atomic mass is 9.79. The molecule has 0 unspecified atom stereocenters. The molecule has 1 atom stereocenters. The number of carbonyl (C=O) groups is 2. The van der Waals surface area contributed by atoms with E-state index in [-0.39, 0.29) is 6.61 Å². The maximum atomic E-state index is 13.3. The third-order valence-corrected chi connectivity index (χ3v) is 7.41. The van der Waals surface area contributed by atoms with Crippen molar-refractivity contribution in [1.82, 2.24) is 4.98 Å². The molecule has 0 aliphatic carbocycles. The molecule has 1 aliphatic heterocycles. The second-order valence-corrected chi connectivity index (χ2v) is 10.9. The number of fused-ring (bicyclic) bond motifs is 1. The van der Waals surface area contributed by atoms with E-state index in [9.17, 15) is 9.59 Å². The first-order valence-electron chi connectivity index (χ1n) is 11.5. The summed E-state index contributed by atoms with van der Waals surface area (Å²) in [7, 11) is 0. The molecule has 1 fully saturated rings. The van der Waals surface area contributed by atoms with E-state index in [2.05, 4.69) is 20.9 Å². The zero-order valence-electron chi connectivity index (χ0n) is 19.9. The molecular formula is C28H22BrCl2NO5. The van der Waals surface area contributed by atoms with Crippen molar-refractivity contribution in [1.29, 1.82) is 0 Å². The van der Waals surface area contributed by atoms with Crippen molar-refractivity contribution in [2.75, 3.05) is 0 Å². The van der Waals surface area contributed by atoms with Gasteiger partial charge in [0.2, 0.25) is 0 Å². The van der Waals surface area contributed by atoms with E-state index < -0.39 is 29.6 Å². The van der Waals surface area contributed by atoms with Gasteiger partial charge in [-0.3, -0.25) is 9.59 Å². The molecule has 4 aromatic rings. The zero-order chi connectivity index (χ0) is 26.3. The second kappa shape index (κ2) is 10.0. The first-order chi connectivity index (χ1) is 17.6. The normalized spacial score (nSPS) is 16.4. The molecule has 190 valence electrons. The Morgan fingerprint density at radius 3 is 2.43 bits per heavy atom. The second-order valence-electron chi connectivity index (χ2n) is 9.21. The molecule has 0 amide bonds. The number of ether oxygens (including phenoxy) is 3. The number of benzene rings is 3. The molecule has 37 heavy (non-hydrogen) atoms. The molecule has 0 spiro atoms. The lowest BCUT2D eigenvalue weighted by molar-refractivity contribution is -0.240. The van der Waals surface area contributed by atoms with Crippen LogP contribution in [-0.2, 0) is 25.7 Å². The third-order valence-electron chi connectivity index (χ3n) is 6.18. The fraction of sp³-hybridized carbons (Fsp3) is 0.214. The summed E-state index contributed by atoms with van der Waals surface area (Å²) in [6, 6.07) is 18.4. The van der Waals surface area contributed by atoms with Crippen molar-refractivity contribution in [3.05, 3.63) is 98.1 Å². The molecule has 0 radical (unpaired) electrons. The van der Waals surface area contributed by atoms with Crippen LogP contribution in [0.5, 0.6) is 5.75 Å². The van der Waals surface area contributed by atoms with E-state index in [1.807, 2.05) is 42.5 Å². The quantitative estimate of drug-likeness (QED) is 0.184. The highest BCUT2D eigenvalue weighted by atomic mass is 79.9. The summed E-state index contributed by atoms with van der Waals surface area (Å²) < 4.78 is 18.0. The van der Waals surface area contributed by atoms with Gasteiger partial charge in [-0.25, -0.2) is 0 Å². The van der Waals surface area contributed by atoms with E-state index in [4.69, 9.17) is 37.4 Å². The molecule has 0 bridgehead atoms. The first kappa shape index (κ1) is 25.6. The summed E-state index contributed by atoms with van der Waals surface area (Å²) in [6.07, 6.45) is 1.80. The molecule has 0 saturated carbocycles. The van der Waals surface area contributed by atoms with Crippen molar-refractivity contribution >= 4 is 62.0 Å². The molecule has 9 heteroatoms. The van der Waals surface area contributed by atoms with Crippen molar-refractivity contribution in [2.24, 2.45) is 5.92 Å². The number of cyclic esters (lactones) is 2. The Bertz CT molecular complexity index is 1500. The van der Waals surface area contributed by atoms with Gasteiger partial charge in [0.05, 0.1) is 10.0 Å². The topological polar surface area (TPSA) is 77.6 Å². The smallest absolute Gasteiger partial charge is 0.324 e. The van der Waals surface area contributed by atoms with Gasteiger partial charge in [0.1, 0.15) is 12.4 Å². The summed E-state index contributed by atoms with van der Waals surface area (Å²) in [4.78, 5) is 29.8. The van der Waals surface area contributed by atoms with Crippen LogP contribution >= 0.6 is 39.1 Å². The number of aromatic nitrogens is 1. The average molecular weight is 603 g/mol. The van der Waals surface area contributed by atoms with Gasteiger partial charge in [-0.2, -0.15) is 0 Å². The maximum Gasteiger partial charge on any atom is 0.324 e. The molecule has 1 aromatic heterocycles. The molecule has 5 rings (SSSR count). The number of rotatable bonds is 6. The minimum atomic E-state index is -1.35. The Kier molecular flexibility index (Phi) is 6.96. The van der Waals surface area contributed by atoms with Crippen LogP contribution in [-0.4, -0.2) is 22.7 Å². The number of aromatic amines is 1. The largest absolute Gasteiger partial charge is 0.489 e. The van der Waals surface area contributed by atoms with Gasteiger partial charge < -0.3 is 19.2 Å². The van der Waals surface area contributed by atoms with Crippen LogP contribution in [0.4, 0.5) is 0 Å². The minimum Gasteiger partial charge on any atom is -0.489 e. The Labute approximate surface area is 231 Å². The summed E-state index contributed by atoms with van der Waals surface area (Å²) in [5, 5.41) is 1.74. The van der Waals surface area contributed by atoms with Crippen molar-refractivity contribution < 1.29 is 23.8 Å². The van der Waals surface area contributed by atoms with Crippen molar-refractivity contribution in [2.45, 2.75) is 32.2 Å². The summed E-state index contributed by atoms with van der Waals surface area (Å²) in [5.74, 6) is -4.17. The maximum absolute atomic E-state index is 13.3. The van der Waals surface area contributed by atoms with E-state index in [0.717, 1.165) is 26.5 Å². The van der Waals surface area contributed by atoms with E-state index in [1.54, 1.807) is 24.4 Å². The van der Waals surface area contributed by atoms with Crippen LogP contribution in [0.15, 0.2) is 71.3 Å². The van der Waals surface area contributed by atoms with E-state index in [0.29, 0.717) is 21.4 Å². The predicted molar refractivity (Wildman–Crippen MR) is 145 cm³/mol. The summed E-state index contributed by atoms with van der Waals surface area (Å²) >= 11 is 15.8. The number of halogens is 3. The van der Waals surface area contributed by atoms with Crippen LogP contribution < -0.4 is 4.74 Å². The first-order valence-corrected chi connectivity index (χ1v) is 13.1. The Balaban J connectivity index is 1.62. The average Bonchev–Trinajstić information content (AvgIpc) is 3.26. The molecule has 6 nitrogen and oxygen atoms in total. The fourth-order valence-electron chi connectivity index (χ4n) is 4.56. The van der Waals surface area contributed by atoms with E-state index >= 15 is 0 Å². The molecule has 2 heterocycles. The van der Waals surface area contributed by atoms with Crippen LogP contribution in [0.1, 0.15) is 36.5 Å². The molecule has 1 saturated heterocycles. The minimum absolute atomic E-state index is 0.193. The van der Waals surface area contributed by atoms with Crippen molar-refractivity contribution in [3.63, 3.8) is 0 Å². The van der Waals surface area contributed by atoms with Gasteiger partial charge in [0.15, 0.2) is 5.92 Å². The molecular weight excluding hydrogens is 581 g/mol. The van der Waals surface area contributed by atoms with Gasteiger partial charge in [0, 0.05) is 46.9 Å². The highest BCUT2D eigenvalue weighted by Crippen LogP contribution is 2.44. The Hall–Kier alpha value is -3.00. The van der Waals surface area contributed by atoms with Crippen LogP contribution in [0, 0.1) is 5.92 Å². The van der Waals surface area contributed by atoms with E-state index in [1.165, 1.54) is 13.8 Å². The van der Waals surface area contributed by atoms with Crippen molar-refractivity contribution in [3.8, 4) is 5.75 Å². The standard InChI is InChI=1S/C28H22BrCl2NO5/c1-28(2)36-26(33)25(27(34)37-28)24(19-13-32-22-6-4-3-5-17(19)22)18-12-16(29)8-10-23(18)35-14-15-7-9-20(30)21(31)11-15/h3-13,24-25,32H,14H2,1-2H3/t24-/m0/s1. The van der Waals surface area contributed by atoms with Gasteiger partial charge in [-0.05, 0) is 47.5 Å². The fourth-order valence-corrected chi connectivity index (χ4v) is 5.26. The van der Waals surface area contributed by atoms with Gasteiger partial charge in [0.25, 0.3) is 5.79 Å². The number of carbonyl (C=O) groups excluding carboxylic acids is 2. The monoisotopic (exact) mass is 601 g/mol. The number of hydrogen-bond donors (Lipinski definition) is 1. The highest BCUT2D eigenvalue weighted by molar-refractivity contribution is 9.10.